The molecule has 3 nitrogen and oxygen atoms in total. The molecule has 0 aromatic carbocycles. The first-order chi connectivity index (χ1) is 8.31. The molecule has 0 amide bonds. The van der Waals surface area contributed by atoms with E-state index in [-0.39, 0.29) is 0 Å². The van der Waals surface area contributed by atoms with Crippen LogP contribution in [0.4, 0.5) is 0 Å². The van der Waals surface area contributed by atoms with Gasteiger partial charge in [-0.05, 0) is 49.7 Å². The number of hydrogen-bond acceptors (Lipinski definition) is 4. The zero-order chi connectivity index (χ0) is 12.1. The van der Waals surface area contributed by atoms with Crippen molar-refractivity contribution in [1.29, 1.82) is 0 Å². The van der Waals surface area contributed by atoms with E-state index in [1.165, 1.54) is 37.3 Å². The third-order valence-electron chi connectivity index (χ3n) is 4.20. The molecular formula is C13H26N2OS. The van der Waals surface area contributed by atoms with Crippen molar-refractivity contribution in [3.8, 4) is 0 Å². The van der Waals surface area contributed by atoms with Crippen molar-refractivity contribution >= 4 is 11.8 Å². The highest BCUT2D eigenvalue weighted by Crippen LogP contribution is 2.29. The Morgan fingerprint density at radius 1 is 1.35 bits per heavy atom. The van der Waals surface area contributed by atoms with E-state index in [0.29, 0.717) is 6.04 Å². The highest BCUT2D eigenvalue weighted by Gasteiger charge is 2.28. The van der Waals surface area contributed by atoms with Crippen LogP contribution in [0.5, 0.6) is 0 Å². The number of ether oxygens (including phenoxy) is 1. The molecule has 0 saturated carbocycles. The molecule has 0 spiro atoms. The fourth-order valence-electron chi connectivity index (χ4n) is 3.06. The maximum absolute atomic E-state index is 5.98. The van der Waals surface area contributed by atoms with Crippen LogP contribution in [-0.2, 0) is 4.74 Å². The van der Waals surface area contributed by atoms with E-state index in [4.69, 9.17) is 10.5 Å². The van der Waals surface area contributed by atoms with Gasteiger partial charge in [-0.25, -0.2) is 0 Å². The number of thioether (sulfide) groups is 1. The van der Waals surface area contributed by atoms with Crippen molar-refractivity contribution < 1.29 is 4.74 Å². The van der Waals surface area contributed by atoms with Crippen LogP contribution in [0, 0.1) is 11.8 Å². The molecule has 0 bridgehead atoms. The molecule has 2 aliphatic heterocycles. The van der Waals surface area contributed by atoms with Crippen LogP contribution in [0.3, 0.4) is 0 Å². The number of likely N-dealkylation sites (N-methyl/N-ethyl adjacent to an activating group) is 1. The van der Waals surface area contributed by atoms with E-state index in [9.17, 15) is 0 Å². The van der Waals surface area contributed by atoms with E-state index in [0.717, 1.165) is 31.6 Å². The Morgan fingerprint density at radius 3 is 2.71 bits per heavy atom. The van der Waals surface area contributed by atoms with Crippen molar-refractivity contribution in [2.24, 2.45) is 17.6 Å². The summed E-state index contributed by atoms with van der Waals surface area (Å²) < 4.78 is 5.42. The van der Waals surface area contributed by atoms with E-state index >= 15 is 0 Å². The normalized spacial score (nSPS) is 28.8. The third-order valence-corrected chi connectivity index (χ3v) is 5.39. The lowest BCUT2D eigenvalue weighted by Crippen LogP contribution is -2.46. The Hall–Kier alpha value is 0.230. The van der Waals surface area contributed by atoms with Crippen molar-refractivity contribution in [3.63, 3.8) is 0 Å². The molecule has 100 valence electrons. The zero-order valence-corrected chi connectivity index (χ0v) is 11.8. The molecule has 0 aromatic rings. The van der Waals surface area contributed by atoms with Crippen LogP contribution >= 0.6 is 11.8 Å². The van der Waals surface area contributed by atoms with Crippen LogP contribution in [0.25, 0.3) is 0 Å². The first kappa shape index (κ1) is 13.7. The minimum atomic E-state index is 0.591. The monoisotopic (exact) mass is 258 g/mol. The summed E-state index contributed by atoms with van der Waals surface area (Å²) in [5, 5.41) is 0. The highest BCUT2D eigenvalue weighted by molar-refractivity contribution is 7.99. The predicted octanol–water partition coefficient (Wildman–Crippen LogP) is 1.43. The first-order valence-electron chi connectivity index (χ1n) is 6.87. The van der Waals surface area contributed by atoms with Gasteiger partial charge in [0.25, 0.3) is 0 Å². The van der Waals surface area contributed by atoms with Crippen molar-refractivity contribution in [2.45, 2.75) is 25.3 Å². The maximum atomic E-state index is 5.98. The third kappa shape index (κ3) is 3.85. The fourth-order valence-corrected chi connectivity index (χ4v) is 4.39. The topological polar surface area (TPSA) is 38.5 Å². The lowest BCUT2D eigenvalue weighted by Gasteiger charge is -2.35. The van der Waals surface area contributed by atoms with Crippen LogP contribution in [-0.4, -0.2) is 55.8 Å². The Balaban J connectivity index is 1.80. The Kier molecular flexibility index (Phi) is 5.60. The van der Waals surface area contributed by atoms with Gasteiger partial charge in [0.2, 0.25) is 0 Å². The van der Waals surface area contributed by atoms with Crippen molar-refractivity contribution in [1.82, 2.24) is 4.90 Å². The minimum absolute atomic E-state index is 0.591. The molecule has 0 aromatic heterocycles. The molecule has 2 heterocycles. The minimum Gasteiger partial charge on any atom is -0.381 e. The number of rotatable bonds is 5. The van der Waals surface area contributed by atoms with E-state index < -0.39 is 0 Å². The van der Waals surface area contributed by atoms with E-state index in [1.807, 2.05) is 0 Å². The first-order valence-corrected chi connectivity index (χ1v) is 8.02. The average Bonchev–Trinajstić information content (AvgIpc) is 2.85. The van der Waals surface area contributed by atoms with E-state index in [1.54, 1.807) is 0 Å². The lowest BCUT2D eigenvalue weighted by molar-refractivity contribution is 0.0469. The highest BCUT2D eigenvalue weighted by atomic mass is 32.2. The smallest absolute Gasteiger partial charge is 0.0469 e. The summed E-state index contributed by atoms with van der Waals surface area (Å²) in [6, 6.07) is 0.591. The fraction of sp³-hybridized carbons (Fsp3) is 1.00. The Bertz CT molecular complexity index is 215. The van der Waals surface area contributed by atoms with E-state index in [2.05, 4.69) is 23.7 Å². The van der Waals surface area contributed by atoms with Gasteiger partial charge in [0.05, 0.1) is 0 Å². The molecular weight excluding hydrogens is 232 g/mol. The molecule has 2 saturated heterocycles. The largest absolute Gasteiger partial charge is 0.381 e. The van der Waals surface area contributed by atoms with Gasteiger partial charge < -0.3 is 15.4 Å². The second-order valence-electron chi connectivity index (χ2n) is 5.42. The number of hydrogen-bond donors (Lipinski definition) is 1. The Morgan fingerprint density at radius 2 is 2.12 bits per heavy atom. The molecule has 2 fully saturated rings. The quantitative estimate of drug-likeness (QED) is 0.809. The summed E-state index contributed by atoms with van der Waals surface area (Å²) in [7, 11) is 2.26. The number of nitrogens with two attached hydrogens (primary N) is 1. The molecule has 2 atom stereocenters. The summed E-state index contributed by atoms with van der Waals surface area (Å²) in [4.78, 5) is 2.52. The van der Waals surface area contributed by atoms with Gasteiger partial charge in [-0.1, -0.05) is 0 Å². The molecule has 17 heavy (non-hydrogen) atoms. The predicted molar refractivity (Wildman–Crippen MR) is 74.4 cm³/mol. The maximum Gasteiger partial charge on any atom is 0.0469 e. The molecule has 0 aliphatic carbocycles. The molecule has 2 unspecified atom stereocenters. The standard InChI is InChI=1S/C13H26N2OS/c1-15(9-11-2-5-16-6-3-11)13(8-14)12-4-7-17-10-12/h11-13H,2-10,14H2,1H3. The van der Waals surface area contributed by atoms with Gasteiger partial charge in [-0.15, -0.1) is 0 Å². The van der Waals surface area contributed by atoms with Crippen LogP contribution in [0.15, 0.2) is 0 Å². The van der Waals surface area contributed by atoms with Gasteiger partial charge in [-0.2, -0.15) is 11.8 Å². The van der Waals surface area contributed by atoms with Crippen LogP contribution in [0.1, 0.15) is 19.3 Å². The molecule has 2 N–H and O–H groups in total. The molecule has 0 radical (unpaired) electrons. The lowest BCUT2D eigenvalue weighted by atomic mass is 9.94. The van der Waals surface area contributed by atoms with Crippen molar-refractivity contribution in [3.05, 3.63) is 0 Å². The van der Waals surface area contributed by atoms with Gasteiger partial charge in [-0.3, -0.25) is 0 Å². The molecule has 2 aliphatic rings. The van der Waals surface area contributed by atoms with Gasteiger partial charge in [0, 0.05) is 32.3 Å². The summed E-state index contributed by atoms with van der Waals surface area (Å²) in [5.74, 6) is 4.26. The summed E-state index contributed by atoms with van der Waals surface area (Å²) in [5.41, 5.74) is 5.98. The Labute approximate surface area is 109 Å². The average molecular weight is 258 g/mol. The molecule has 2 rings (SSSR count). The van der Waals surface area contributed by atoms with Gasteiger partial charge in [0.1, 0.15) is 0 Å². The van der Waals surface area contributed by atoms with Gasteiger partial charge in [0.15, 0.2) is 0 Å². The summed E-state index contributed by atoms with van der Waals surface area (Å²) in [6.45, 7) is 3.91. The van der Waals surface area contributed by atoms with Gasteiger partial charge >= 0.3 is 0 Å². The van der Waals surface area contributed by atoms with Crippen LogP contribution in [0.2, 0.25) is 0 Å². The number of nitrogens with zero attached hydrogens (tertiary/aromatic N) is 1. The summed E-state index contributed by atoms with van der Waals surface area (Å²) in [6.07, 6.45) is 3.80. The second kappa shape index (κ2) is 6.98. The summed E-state index contributed by atoms with van der Waals surface area (Å²) >= 11 is 2.09. The SMILES string of the molecule is CN(CC1CCOCC1)C(CN)C1CCSC1. The second-order valence-corrected chi connectivity index (χ2v) is 6.57. The van der Waals surface area contributed by atoms with Crippen LogP contribution < -0.4 is 5.73 Å². The van der Waals surface area contributed by atoms with Crippen molar-refractivity contribution in [2.75, 3.05) is 44.9 Å². The molecule has 4 heteroatoms. The zero-order valence-electron chi connectivity index (χ0n) is 10.9.